The number of esters is 1. The summed E-state index contributed by atoms with van der Waals surface area (Å²) in [5.41, 5.74) is 2.97. The molecule has 0 radical (unpaired) electrons. The molecule has 0 bridgehead atoms. The maximum Gasteiger partial charge on any atom is 0.338 e. The number of anilines is 1. The number of aryl methyl sites for hydroxylation is 1. The topological polar surface area (TPSA) is 84.5 Å². The molecule has 0 aliphatic rings. The highest BCUT2D eigenvalue weighted by molar-refractivity contribution is 7.12. The van der Waals surface area contributed by atoms with E-state index in [9.17, 15) is 14.4 Å². The molecule has 0 aliphatic heterocycles. The first kappa shape index (κ1) is 20.3. The lowest BCUT2D eigenvalue weighted by atomic mass is 10.1. The number of hydrogen-bond acceptors (Lipinski definition) is 5. The standard InChI is InChI=1S/C22H20N2O4S/c1-15-4-6-16(7-5-15)13-23-20(25)14-28-22(27)17-8-10-18(11-9-17)24-21(26)19-3-2-12-29-19/h2-12H,13-14H2,1H3,(H,23,25)(H,24,26). The van der Waals surface area contributed by atoms with Crippen molar-refractivity contribution < 1.29 is 19.1 Å². The minimum atomic E-state index is -0.605. The van der Waals surface area contributed by atoms with Crippen LogP contribution in [0.5, 0.6) is 0 Å². The molecule has 0 aliphatic carbocycles. The number of carbonyl (C=O) groups excluding carboxylic acids is 3. The summed E-state index contributed by atoms with van der Waals surface area (Å²) in [6, 6.07) is 17.6. The van der Waals surface area contributed by atoms with E-state index in [1.807, 2.05) is 36.6 Å². The number of carbonyl (C=O) groups is 3. The Balaban J connectivity index is 1.44. The summed E-state index contributed by atoms with van der Waals surface area (Å²) < 4.78 is 5.04. The van der Waals surface area contributed by atoms with E-state index < -0.39 is 5.97 Å². The second-order valence-electron chi connectivity index (χ2n) is 6.35. The third-order valence-corrected chi connectivity index (χ3v) is 4.94. The highest BCUT2D eigenvalue weighted by Crippen LogP contribution is 2.14. The summed E-state index contributed by atoms with van der Waals surface area (Å²) in [5.74, 6) is -1.19. The van der Waals surface area contributed by atoms with E-state index in [2.05, 4.69) is 10.6 Å². The van der Waals surface area contributed by atoms with Crippen molar-refractivity contribution in [3.8, 4) is 0 Å². The number of rotatable bonds is 7. The predicted octanol–water partition coefficient (Wildman–Crippen LogP) is 3.78. The smallest absolute Gasteiger partial charge is 0.338 e. The lowest BCUT2D eigenvalue weighted by molar-refractivity contribution is -0.124. The second-order valence-corrected chi connectivity index (χ2v) is 7.29. The monoisotopic (exact) mass is 408 g/mol. The molecule has 1 aromatic heterocycles. The van der Waals surface area contributed by atoms with Crippen molar-refractivity contribution in [2.45, 2.75) is 13.5 Å². The minimum Gasteiger partial charge on any atom is -0.452 e. The predicted molar refractivity (Wildman–Crippen MR) is 112 cm³/mol. The zero-order chi connectivity index (χ0) is 20.6. The van der Waals surface area contributed by atoms with Crippen molar-refractivity contribution in [3.63, 3.8) is 0 Å². The lowest BCUT2D eigenvalue weighted by Crippen LogP contribution is -2.28. The van der Waals surface area contributed by atoms with Crippen LogP contribution >= 0.6 is 11.3 Å². The second kappa shape index (κ2) is 9.66. The number of amides is 2. The Kier molecular flexibility index (Phi) is 6.76. The van der Waals surface area contributed by atoms with Gasteiger partial charge in [0, 0.05) is 12.2 Å². The van der Waals surface area contributed by atoms with Gasteiger partial charge in [-0.05, 0) is 48.2 Å². The first-order valence-corrected chi connectivity index (χ1v) is 9.83. The van der Waals surface area contributed by atoms with Crippen LogP contribution in [0.15, 0.2) is 66.0 Å². The summed E-state index contributed by atoms with van der Waals surface area (Å²) in [7, 11) is 0. The average Bonchev–Trinajstić information content (AvgIpc) is 3.27. The molecular formula is C22H20N2O4S. The Morgan fingerprint density at radius 3 is 2.34 bits per heavy atom. The summed E-state index contributed by atoms with van der Waals surface area (Å²) in [5, 5.41) is 7.28. The van der Waals surface area contributed by atoms with Gasteiger partial charge in [0.25, 0.3) is 11.8 Å². The Hall–Kier alpha value is -3.45. The third-order valence-electron chi connectivity index (χ3n) is 4.07. The van der Waals surface area contributed by atoms with E-state index in [1.165, 1.54) is 23.5 Å². The average molecular weight is 408 g/mol. The third kappa shape index (κ3) is 6.02. The zero-order valence-corrected chi connectivity index (χ0v) is 16.6. The lowest BCUT2D eigenvalue weighted by Gasteiger charge is -2.08. The van der Waals surface area contributed by atoms with Gasteiger partial charge in [-0.15, -0.1) is 11.3 Å². The molecule has 148 valence electrons. The molecule has 2 N–H and O–H groups in total. The molecule has 0 atom stereocenters. The van der Waals surface area contributed by atoms with Crippen LogP contribution in [-0.2, 0) is 16.1 Å². The van der Waals surface area contributed by atoms with E-state index >= 15 is 0 Å². The molecule has 0 fully saturated rings. The molecule has 7 heteroatoms. The van der Waals surface area contributed by atoms with Gasteiger partial charge in [0.1, 0.15) is 0 Å². The minimum absolute atomic E-state index is 0.208. The maximum absolute atomic E-state index is 12.1. The normalized spacial score (nSPS) is 10.2. The molecule has 0 unspecified atom stereocenters. The van der Waals surface area contributed by atoms with Crippen LogP contribution in [0, 0.1) is 6.92 Å². The van der Waals surface area contributed by atoms with Crippen LogP contribution in [0.2, 0.25) is 0 Å². The first-order valence-electron chi connectivity index (χ1n) is 8.95. The number of ether oxygens (including phenoxy) is 1. The Labute approximate surface area is 172 Å². The van der Waals surface area contributed by atoms with Crippen LogP contribution in [0.25, 0.3) is 0 Å². The van der Waals surface area contributed by atoms with Crippen molar-refractivity contribution in [2.75, 3.05) is 11.9 Å². The van der Waals surface area contributed by atoms with Gasteiger partial charge in [0.2, 0.25) is 0 Å². The molecule has 3 rings (SSSR count). The van der Waals surface area contributed by atoms with Gasteiger partial charge in [0.05, 0.1) is 10.4 Å². The molecule has 0 saturated carbocycles. The van der Waals surface area contributed by atoms with Crippen molar-refractivity contribution in [2.24, 2.45) is 0 Å². The number of nitrogens with one attached hydrogen (secondary N) is 2. The van der Waals surface area contributed by atoms with Crippen LogP contribution < -0.4 is 10.6 Å². The van der Waals surface area contributed by atoms with Gasteiger partial charge in [-0.2, -0.15) is 0 Å². The number of benzene rings is 2. The molecule has 1 heterocycles. The molecule has 0 spiro atoms. The summed E-state index contributed by atoms with van der Waals surface area (Å²) in [6.45, 7) is 2.00. The summed E-state index contributed by atoms with van der Waals surface area (Å²) >= 11 is 1.35. The Bertz CT molecular complexity index is 981. The SMILES string of the molecule is Cc1ccc(CNC(=O)COC(=O)c2ccc(NC(=O)c3cccs3)cc2)cc1. The fourth-order valence-corrected chi connectivity index (χ4v) is 3.08. The fraction of sp³-hybridized carbons (Fsp3) is 0.136. The highest BCUT2D eigenvalue weighted by atomic mass is 32.1. The van der Waals surface area contributed by atoms with E-state index in [1.54, 1.807) is 24.3 Å². The van der Waals surface area contributed by atoms with Crippen molar-refractivity contribution in [1.82, 2.24) is 5.32 Å². The quantitative estimate of drug-likeness (QED) is 0.583. The number of thiophene rings is 1. The molecular weight excluding hydrogens is 388 g/mol. The van der Waals surface area contributed by atoms with Gasteiger partial charge in [-0.3, -0.25) is 9.59 Å². The van der Waals surface area contributed by atoms with Crippen molar-refractivity contribution >= 4 is 34.8 Å². The summed E-state index contributed by atoms with van der Waals surface area (Å²) in [4.78, 5) is 36.6. The van der Waals surface area contributed by atoms with E-state index in [-0.39, 0.29) is 18.4 Å². The van der Waals surface area contributed by atoms with Gasteiger partial charge in [-0.1, -0.05) is 35.9 Å². The van der Waals surface area contributed by atoms with Gasteiger partial charge < -0.3 is 15.4 Å². The van der Waals surface area contributed by atoms with Gasteiger partial charge in [-0.25, -0.2) is 4.79 Å². The first-order chi connectivity index (χ1) is 14.0. The van der Waals surface area contributed by atoms with Crippen molar-refractivity contribution in [3.05, 3.63) is 87.6 Å². The van der Waals surface area contributed by atoms with E-state index in [0.717, 1.165) is 11.1 Å². The van der Waals surface area contributed by atoms with Crippen LogP contribution in [-0.4, -0.2) is 24.4 Å². The van der Waals surface area contributed by atoms with Crippen LogP contribution in [0.4, 0.5) is 5.69 Å². The van der Waals surface area contributed by atoms with Gasteiger partial charge in [0.15, 0.2) is 6.61 Å². The number of hydrogen-bond donors (Lipinski definition) is 2. The highest BCUT2D eigenvalue weighted by Gasteiger charge is 2.11. The van der Waals surface area contributed by atoms with E-state index in [0.29, 0.717) is 22.7 Å². The molecule has 6 nitrogen and oxygen atoms in total. The molecule has 0 saturated heterocycles. The van der Waals surface area contributed by atoms with E-state index in [4.69, 9.17) is 4.74 Å². The Morgan fingerprint density at radius 1 is 0.966 bits per heavy atom. The largest absolute Gasteiger partial charge is 0.452 e. The molecule has 29 heavy (non-hydrogen) atoms. The molecule has 2 amide bonds. The maximum atomic E-state index is 12.1. The van der Waals surface area contributed by atoms with Crippen LogP contribution in [0.1, 0.15) is 31.2 Å². The fourth-order valence-electron chi connectivity index (χ4n) is 2.46. The van der Waals surface area contributed by atoms with Gasteiger partial charge >= 0.3 is 5.97 Å². The molecule has 2 aromatic carbocycles. The summed E-state index contributed by atoms with van der Waals surface area (Å²) in [6.07, 6.45) is 0. The molecule has 3 aromatic rings. The Morgan fingerprint density at radius 2 is 1.69 bits per heavy atom. The van der Waals surface area contributed by atoms with Crippen molar-refractivity contribution in [1.29, 1.82) is 0 Å². The van der Waals surface area contributed by atoms with Crippen LogP contribution in [0.3, 0.4) is 0 Å². The zero-order valence-electron chi connectivity index (χ0n) is 15.8.